The van der Waals surface area contributed by atoms with Gasteiger partial charge in [-0.05, 0) is 26.0 Å². The molecule has 1 aliphatic rings. The zero-order valence-electron chi connectivity index (χ0n) is 11.6. The van der Waals surface area contributed by atoms with Gasteiger partial charge >= 0.3 is 5.97 Å². The minimum Gasteiger partial charge on any atom is -0.461 e. The van der Waals surface area contributed by atoms with E-state index >= 15 is 0 Å². The number of ether oxygens (including phenoxy) is 1. The van der Waals surface area contributed by atoms with Gasteiger partial charge in [-0.25, -0.2) is 9.78 Å². The Bertz CT molecular complexity index is 492. The van der Waals surface area contributed by atoms with E-state index < -0.39 is 5.97 Å². The molecular formula is C13H18N2O3S2. The highest BCUT2D eigenvalue weighted by atomic mass is 32.2. The Balaban J connectivity index is 1.91. The largest absolute Gasteiger partial charge is 0.461 e. The molecule has 110 valence electrons. The van der Waals surface area contributed by atoms with Gasteiger partial charge in [-0.1, -0.05) is 6.42 Å². The molecule has 5 nitrogen and oxygen atoms in total. The highest BCUT2D eigenvalue weighted by Crippen LogP contribution is 2.42. The Kier molecular flexibility index (Phi) is 5.04. The molecule has 0 spiro atoms. The number of hydrogen-bond acceptors (Lipinski definition) is 6. The lowest BCUT2D eigenvalue weighted by molar-refractivity contribution is 0.0526. The first-order valence-electron chi connectivity index (χ1n) is 6.56. The third-order valence-electron chi connectivity index (χ3n) is 3.46. The summed E-state index contributed by atoms with van der Waals surface area (Å²) >= 11 is 2.94. The quantitative estimate of drug-likeness (QED) is 0.816. The van der Waals surface area contributed by atoms with Crippen LogP contribution in [0.5, 0.6) is 0 Å². The minimum atomic E-state index is -0.476. The van der Waals surface area contributed by atoms with Crippen LogP contribution >= 0.6 is 23.1 Å². The van der Waals surface area contributed by atoms with Crippen molar-refractivity contribution in [1.82, 2.24) is 10.3 Å². The first-order chi connectivity index (χ1) is 9.60. The molecule has 0 aromatic carbocycles. The third kappa shape index (κ3) is 3.32. The fraction of sp³-hybridized carbons (Fsp3) is 0.615. The van der Waals surface area contributed by atoms with Gasteiger partial charge < -0.3 is 10.1 Å². The number of rotatable bonds is 6. The number of nitrogens with one attached hydrogen (secondary N) is 1. The van der Waals surface area contributed by atoms with Crippen molar-refractivity contribution in [3.8, 4) is 0 Å². The predicted octanol–water partition coefficient (Wildman–Crippen LogP) is 2.34. The number of amides is 1. The predicted molar refractivity (Wildman–Crippen MR) is 80.5 cm³/mol. The van der Waals surface area contributed by atoms with Crippen molar-refractivity contribution in [2.24, 2.45) is 0 Å². The summed E-state index contributed by atoms with van der Waals surface area (Å²) in [5.74, 6) is -0.701. The van der Waals surface area contributed by atoms with Crippen molar-refractivity contribution in [2.75, 3.05) is 19.4 Å². The fourth-order valence-electron chi connectivity index (χ4n) is 2.02. The number of carbonyl (C=O) groups is 2. The maximum atomic E-state index is 12.0. The summed E-state index contributed by atoms with van der Waals surface area (Å²) < 4.78 is 5.04. The molecule has 1 aromatic rings. The van der Waals surface area contributed by atoms with Crippen molar-refractivity contribution >= 4 is 35.0 Å². The first kappa shape index (κ1) is 15.3. The zero-order valence-corrected chi connectivity index (χ0v) is 13.2. The van der Waals surface area contributed by atoms with Crippen LogP contribution in [0.3, 0.4) is 0 Å². The van der Waals surface area contributed by atoms with Crippen LogP contribution in [0, 0.1) is 0 Å². The Morgan fingerprint density at radius 1 is 1.55 bits per heavy atom. The van der Waals surface area contributed by atoms with E-state index in [0.29, 0.717) is 13.2 Å². The van der Waals surface area contributed by atoms with Crippen LogP contribution in [0.25, 0.3) is 0 Å². The van der Waals surface area contributed by atoms with E-state index in [1.165, 1.54) is 6.42 Å². The SMILES string of the molecule is CCOC(=O)c1nc(C(=O)NCC2(SC)CCC2)cs1. The number of esters is 1. The van der Waals surface area contributed by atoms with Crippen molar-refractivity contribution in [2.45, 2.75) is 30.9 Å². The molecule has 1 aliphatic carbocycles. The molecule has 2 rings (SSSR count). The van der Waals surface area contributed by atoms with Gasteiger partial charge in [0.05, 0.1) is 6.61 Å². The molecule has 1 saturated carbocycles. The van der Waals surface area contributed by atoms with Crippen LogP contribution in [-0.4, -0.2) is 41.0 Å². The molecule has 0 radical (unpaired) electrons. The summed E-state index contributed by atoms with van der Waals surface area (Å²) in [6, 6.07) is 0. The number of thioether (sulfide) groups is 1. The van der Waals surface area contributed by atoms with E-state index in [9.17, 15) is 9.59 Å². The average molecular weight is 314 g/mol. The van der Waals surface area contributed by atoms with Gasteiger partial charge in [0.2, 0.25) is 5.01 Å². The van der Waals surface area contributed by atoms with Gasteiger partial charge in [0, 0.05) is 16.7 Å². The maximum Gasteiger partial charge on any atom is 0.367 e. The van der Waals surface area contributed by atoms with Crippen LogP contribution in [-0.2, 0) is 4.74 Å². The zero-order chi connectivity index (χ0) is 14.6. The maximum absolute atomic E-state index is 12.0. The van der Waals surface area contributed by atoms with Gasteiger partial charge in [0.25, 0.3) is 5.91 Å². The first-order valence-corrected chi connectivity index (χ1v) is 8.66. The number of hydrogen-bond donors (Lipinski definition) is 1. The van der Waals surface area contributed by atoms with Crippen LogP contribution in [0.4, 0.5) is 0 Å². The molecular weight excluding hydrogens is 296 g/mol. The standard InChI is InChI=1S/C13H18N2O3S2/c1-3-18-12(17)11-15-9(7-20-11)10(16)14-8-13(19-2)5-4-6-13/h7H,3-6,8H2,1-2H3,(H,14,16). The molecule has 20 heavy (non-hydrogen) atoms. The molecule has 0 unspecified atom stereocenters. The van der Waals surface area contributed by atoms with Crippen LogP contribution in [0.2, 0.25) is 0 Å². The van der Waals surface area contributed by atoms with Crippen LogP contribution in [0.15, 0.2) is 5.38 Å². The second-order valence-corrected chi connectivity index (χ2v) is 6.81. The minimum absolute atomic E-state index is 0.190. The summed E-state index contributed by atoms with van der Waals surface area (Å²) in [5, 5.41) is 4.72. The summed E-state index contributed by atoms with van der Waals surface area (Å²) in [5.41, 5.74) is 0.286. The monoisotopic (exact) mass is 314 g/mol. The number of nitrogens with zero attached hydrogens (tertiary/aromatic N) is 1. The molecule has 1 aromatic heterocycles. The lowest BCUT2D eigenvalue weighted by Crippen LogP contribution is -2.45. The Labute approximate surface area is 126 Å². The second-order valence-electron chi connectivity index (χ2n) is 4.68. The Morgan fingerprint density at radius 3 is 2.85 bits per heavy atom. The van der Waals surface area contributed by atoms with Gasteiger partial charge in [-0.2, -0.15) is 11.8 Å². The van der Waals surface area contributed by atoms with Crippen molar-refractivity contribution in [1.29, 1.82) is 0 Å². The molecule has 0 atom stereocenters. The van der Waals surface area contributed by atoms with Crippen LogP contribution in [0.1, 0.15) is 46.5 Å². The summed E-state index contributed by atoms with van der Waals surface area (Å²) in [6.45, 7) is 2.69. The normalized spacial score (nSPS) is 16.3. The molecule has 1 N–H and O–H groups in total. The Morgan fingerprint density at radius 2 is 2.30 bits per heavy atom. The number of thiazole rings is 1. The number of aromatic nitrogens is 1. The average Bonchev–Trinajstić information content (AvgIpc) is 2.88. The fourth-order valence-corrected chi connectivity index (χ4v) is 3.62. The molecule has 1 heterocycles. The molecule has 1 amide bonds. The van der Waals surface area contributed by atoms with Gasteiger partial charge in [-0.3, -0.25) is 4.79 Å². The smallest absolute Gasteiger partial charge is 0.367 e. The van der Waals surface area contributed by atoms with E-state index in [4.69, 9.17) is 4.74 Å². The molecule has 0 aliphatic heterocycles. The van der Waals surface area contributed by atoms with Gasteiger partial charge in [0.1, 0.15) is 5.69 Å². The van der Waals surface area contributed by atoms with Crippen molar-refractivity contribution in [3.63, 3.8) is 0 Å². The topological polar surface area (TPSA) is 68.3 Å². The summed E-state index contributed by atoms with van der Waals surface area (Å²) in [6.07, 6.45) is 5.58. The Hall–Kier alpha value is -1.08. The van der Waals surface area contributed by atoms with Crippen molar-refractivity contribution < 1.29 is 14.3 Å². The summed E-state index contributed by atoms with van der Waals surface area (Å²) in [7, 11) is 0. The van der Waals surface area contributed by atoms with Gasteiger partial charge in [-0.15, -0.1) is 11.3 Å². The van der Waals surface area contributed by atoms with Crippen molar-refractivity contribution in [3.05, 3.63) is 16.1 Å². The van der Waals surface area contributed by atoms with E-state index in [1.54, 1.807) is 24.1 Å². The van der Waals surface area contributed by atoms with E-state index in [0.717, 1.165) is 24.2 Å². The van der Waals surface area contributed by atoms with E-state index in [2.05, 4.69) is 16.6 Å². The van der Waals surface area contributed by atoms with E-state index in [-0.39, 0.29) is 21.4 Å². The van der Waals surface area contributed by atoms with Crippen LogP contribution < -0.4 is 5.32 Å². The lowest BCUT2D eigenvalue weighted by Gasteiger charge is -2.40. The second kappa shape index (κ2) is 6.58. The number of carbonyl (C=O) groups excluding carboxylic acids is 2. The van der Waals surface area contributed by atoms with E-state index in [1.807, 2.05) is 0 Å². The van der Waals surface area contributed by atoms with Gasteiger partial charge in [0.15, 0.2) is 0 Å². The third-order valence-corrected chi connectivity index (χ3v) is 5.70. The molecule has 0 bridgehead atoms. The highest BCUT2D eigenvalue weighted by Gasteiger charge is 2.36. The lowest BCUT2D eigenvalue weighted by atomic mass is 9.84. The summed E-state index contributed by atoms with van der Waals surface area (Å²) in [4.78, 5) is 27.5. The molecule has 1 fully saturated rings. The highest BCUT2D eigenvalue weighted by molar-refractivity contribution is 8.00. The molecule has 0 saturated heterocycles. The molecule has 7 heteroatoms.